The van der Waals surface area contributed by atoms with Crippen LogP contribution in [0.2, 0.25) is 0 Å². The predicted octanol–water partition coefficient (Wildman–Crippen LogP) is 0.296. The topological polar surface area (TPSA) is 37.3 Å². The van der Waals surface area contributed by atoms with Gasteiger partial charge in [0.15, 0.2) is 0 Å². The lowest BCUT2D eigenvalue weighted by Crippen LogP contribution is -2.05. The lowest BCUT2D eigenvalue weighted by molar-refractivity contribution is -0.139. The normalized spacial score (nSPS) is 13.7. The van der Waals surface area contributed by atoms with E-state index >= 15 is 0 Å². The molecule has 2 nitrogen and oxygen atoms in total. The van der Waals surface area contributed by atoms with Crippen LogP contribution in [0.25, 0.3) is 0 Å². The van der Waals surface area contributed by atoms with E-state index in [1.54, 1.807) is 0 Å². The zero-order valence-electron chi connectivity index (χ0n) is 2.76. The maximum atomic E-state index is 11.1. The van der Waals surface area contributed by atoms with Gasteiger partial charge in [-0.15, -0.1) is 12.6 Å². The first-order chi connectivity index (χ1) is 2.64. The van der Waals surface area contributed by atoms with E-state index in [4.69, 9.17) is 5.11 Å². The van der Waals surface area contributed by atoms with Crippen LogP contribution in [-0.2, 0) is 4.79 Å². The van der Waals surface area contributed by atoms with Crippen molar-refractivity contribution in [2.24, 2.45) is 0 Å². The van der Waals surface area contributed by atoms with Crippen molar-refractivity contribution in [3.63, 3.8) is 0 Å². The molecule has 4 heteroatoms. The highest BCUT2D eigenvalue weighted by molar-refractivity contribution is 7.81. The van der Waals surface area contributed by atoms with Gasteiger partial charge < -0.3 is 5.11 Å². The fourth-order valence-electron chi connectivity index (χ4n) is 0. The molecule has 0 rings (SSSR count). The molecule has 0 bridgehead atoms. The molecule has 1 unspecified atom stereocenters. The Balaban J connectivity index is 3.26. The molecule has 6 heavy (non-hydrogen) atoms. The Morgan fingerprint density at radius 1 is 2.00 bits per heavy atom. The summed E-state index contributed by atoms with van der Waals surface area (Å²) >= 11 is 2.93. The average Bonchev–Trinajstić information content (AvgIpc) is 1.36. The highest BCUT2D eigenvalue weighted by atomic mass is 32.1. The quantitative estimate of drug-likeness (QED) is 0.476. The lowest BCUT2D eigenvalue weighted by Gasteiger charge is -1.84. The Bertz CT molecular complexity index is 62.6. The molecule has 0 heterocycles. The second-order valence-corrected chi connectivity index (χ2v) is 1.13. The third kappa shape index (κ3) is 2.02. The molecule has 0 amide bonds. The van der Waals surface area contributed by atoms with Gasteiger partial charge in [0.1, 0.15) is 0 Å². The number of carboxylic acids is 1. The van der Waals surface area contributed by atoms with E-state index in [2.05, 4.69) is 12.6 Å². The Kier molecular flexibility index (Phi) is 1.94. The number of halogens is 1. The zero-order chi connectivity index (χ0) is 5.15. The van der Waals surface area contributed by atoms with Gasteiger partial charge in [-0.05, 0) is 0 Å². The van der Waals surface area contributed by atoms with Crippen molar-refractivity contribution in [2.45, 2.75) is 5.50 Å². The standard InChI is InChI=1S/C2H3FO2S/c3-1(6)2(4)5/h1,6H,(H,4,5). The van der Waals surface area contributed by atoms with Crippen molar-refractivity contribution in [3.05, 3.63) is 0 Å². The number of carbonyl (C=O) groups is 1. The molecule has 0 aromatic heterocycles. The first-order valence-electron chi connectivity index (χ1n) is 1.19. The van der Waals surface area contributed by atoms with Crippen LogP contribution in [0.15, 0.2) is 0 Å². The number of carboxylic acid groups (broad SMARTS) is 1. The fraction of sp³-hybridized carbons (Fsp3) is 0.500. The van der Waals surface area contributed by atoms with Crippen molar-refractivity contribution >= 4 is 18.6 Å². The highest BCUT2D eigenvalue weighted by Crippen LogP contribution is 1.92. The summed E-state index contributed by atoms with van der Waals surface area (Å²) in [5.41, 5.74) is -2.04. The Labute approximate surface area is 39.4 Å². The molecule has 0 fully saturated rings. The number of rotatable bonds is 1. The van der Waals surface area contributed by atoms with Gasteiger partial charge >= 0.3 is 5.97 Å². The SMILES string of the molecule is O=C(O)C(F)S. The molecule has 0 aliphatic rings. The zero-order valence-corrected chi connectivity index (χ0v) is 3.65. The van der Waals surface area contributed by atoms with Crippen LogP contribution >= 0.6 is 12.6 Å². The van der Waals surface area contributed by atoms with Crippen LogP contribution < -0.4 is 0 Å². The Morgan fingerprint density at radius 3 is 2.17 bits per heavy atom. The first-order valence-corrected chi connectivity index (χ1v) is 1.71. The predicted molar refractivity (Wildman–Crippen MR) is 21.5 cm³/mol. The second kappa shape index (κ2) is 2.02. The van der Waals surface area contributed by atoms with Crippen LogP contribution in [0.3, 0.4) is 0 Å². The summed E-state index contributed by atoms with van der Waals surface area (Å²) in [6.07, 6.45) is 0. The number of hydrogen-bond donors (Lipinski definition) is 2. The van der Waals surface area contributed by atoms with Gasteiger partial charge in [0.2, 0.25) is 5.50 Å². The fourth-order valence-corrected chi connectivity index (χ4v) is 0. The van der Waals surface area contributed by atoms with Gasteiger partial charge in [0.25, 0.3) is 0 Å². The van der Waals surface area contributed by atoms with E-state index in [0.29, 0.717) is 0 Å². The highest BCUT2D eigenvalue weighted by Gasteiger charge is 2.05. The van der Waals surface area contributed by atoms with Crippen LogP contribution in [0.5, 0.6) is 0 Å². The van der Waals surface area contributed by atoms with E-state index in [-0.39, 0.29) is 0 Å². The van der Waals surface area contributed by atoms with Crippen LogP contribution in [0.4, 0.5) is 4.39 Å². The number of thiol groups is 1. The minimum atomic E-state index is -2.04. The second-order valence-electron chi connectivity index (χ2n) is 0.674. The maximum Gasteiger partial charge on any atom is 0.348 e. The molecule has 1 atom stereocenters. The van der Waals surface area contributed by atoms with Gasteiger partial charge in [-0.3, -0.25) is 0 Å². The first kappa shape index (κ1) is 5.75. The molecule has 36 valence electrons. The van der Waals surface area contributed by atoms with Gasteiger partial charge in [-0.1, -0.05) is 0 Å². The van der Waals surface area contributed by atoms with Crippen molar-refractivity contribution in [3.8, 4) is 0 Å². The number of alkyl halides is 1. The molecule has 0 aromatic rings. The summed E-state index contributed by atoms with van der Waals surface area (Å²) in [4.78, 5) is 9.25. The number of hydrogen-bond acceptors (Lipinski definition) is 2. The summed E-state index contributed by atoms with van der Waals surface area (Å²) < 4.78 is 11.1. The molecular weight excluding hydrogens is 107 g/mol. The molecular formula is C2H3FO2S. The van der Waals surface area contributed by atoms with Gasteiger partial charge in [-0.2, -0.15) is 0 Å². The van der Waals surface area contributed by atoms with Crippen LogP contribution in [0.1, 0.15) is 0 Å². The van der Waals surface area contributed by atoms with Crippen molar-refractivity contribution < 1.29 is 14.3 Å². The van der Waals surface area contributed by atoms with Gasteiger partial charge in [-0.25, -0.2) is 9.18 Å². The van der Waals surface area contributed by atoms with E-state index < -0.39 is 11.5 Å². The monoisotopic (exact) mass is 110 g/mol. The van der Waals surface area contributed by atoms with Crippen LogP contribution in [-0.4, -0.2) is 16.6 Å². The molecule has 0 saturated carbocycles. The average molecular weight is 110 g/mol. The maximum absolute atomic E-state index is 11.1. The Hall–Kier alpha value is -0.250. The largest absolute Gasteiger partial charge is 0.478 e. The molecule has 0 radical (unpaired) electrons. The van der Waals surface area contributed by atoms with Gasteiger partial charge in [0, 0.05) is 0 Å². The van der Waals surface area contributed by atoms with Gasteiger partial charge in [0.05, 0.1) is 0 Å². The van der Waals surface area contributed by atoms with E-state index in [1.165, 1.54) is 0 Å². The van der Waals surface area contributed by atoms with Crippen molar-refractivity contribution in [2.75, 3.05) is 0 Å². The van der Waals surface area contributed by atoms with E-state index in [0.717, 1.165) is 0 Å². The summed E-state index contributed by atoms with van der Waals surface area (Å²) in [7, 11) is 0. The van der Waals surface area contributed by atoms with E-state index in [9.17, 15) is 9.18 Å². The lowest BCUT2D eigenvalue weighted by atomic mass is 10.8. The third-order valence-electron chi connectivity index (χ3n) is 0.204. The van der Waals surface area contributed by atoms with Crippen LogP contribution in [0, 0.1) is 0 Å². The minimum absolute atomic E-state index is 1.54. The molecule has 0 aliphatic heterocycles. The summed E-state index contributed by atoms with van der Waals surface area (Å²) in [6, 6.07) is 0. The molecule has 0 aliphatic carbocycles. The smallest absolute Gasteiger partial charge is 0.348 e. The minimum Gasteiger partial charge on any atom is -0.478 e. The molecule has 0 aromatic carbocycles. The number of aliphatic carboxylic acids is 1. The molecule has 1 N–H and O–H groups in total. The Morgan fingerprint density at radius 2 is 2.17 bits per heavy atom. The van der Waals surface area contributed by atoms with Crippen molar-refractivity contribution in [1.82, 2.24) is 0 Å². The molecule has 0 saturated heterocycles. The van der Waals surface area contributed by atoms with E-state index in [1.807, 2.05) is 0 Å². The van der Waals surface area contributed by atoms with Crippen molar-refractivity contribution in [1.29, 1.82) is 0 Å². The summed E-state index contributed by atoms with van der Waals surface area (Å²) in [5.74, 6) is -1.54. The summed E-state index contributed by atoms with van der Waals surface area (Å²) in [6.45, 7) is 0. The summed E-state index contributed by atoms with van der Waals surface area (Å²) in [5, 5.41) is 7.54. The third-order valence-corrected chi connectivity index (χ3v) is 0.425. The molecule has 0 spiro atoms.